The molecule has 1 heterocycles. The zero-order valence-electron chi connectivity index (χ0n) is 8.54. The number of hydrogen-bond acceptors (Lipinski definition) is 4. The summed E-state index contributed by atoms with van der Waals surface area (Å²) < 4.78 is 26.8. The summed E-state index contributed by atoms with van der Waals surface area (Å²) in [6, 6.07) is 1.04. The first-order valence-electron chi connectivity index (χ1n) is 4.58. The predicted octanol–water partition coefficient (Wildman–Crippen LogP) is 2.07. The van der Waals surface area contributed by atoms with E-state index in [2.05, 4.69) is 4.72 Å². The highest BCUT2D eigenvalue weighted by Gasteiger charge is 2.23. The molecule has 0 fully saturated rings. The molecule has 0 amide bonds. The summed E-state index contributed by atoms with van der Waals surface area (Å²) in [7, 11) is -3.63. The monoisotopic (exact) mass is 302 g/mol. The Bertz CT molecular complexity index is 455. The Labute approximate surface area is 109 Å². The van der Waals surface area contributed by atoms with Crippen molar-refractivity contribution < 1.29 is 8.42 Å². The van der Waals surface area contributed by atoms with Crippen LogP contribution in [0.2, 0.25) is 8.67 Å². The molecule has 1 rings (SSSR count). The van der Waals surface area contributed by atoms with Gasteiger partial charge in [0.2, 0.25) is 10.0 Å². The summed E-state index contributed by atoms with van der Waals surface area (Å²) in [6.45, 7) is 2.09. The van der Waals surface area contributed by atoms with Crippen LogP contribution < -0.4 is 10.5 Å². The lowest BCUT2D eigenvalue weighted by molar-refractivity contribution is 0.543. The van der Waals surface area contributed by atoms with Crippen LogP contribution in [0.4, 0.5) is 0 Å². The van der Waals surface area contributed by atoms with Crippen molar-refractivity contribution in [1.82, 2.24) is 4.72 Å². The van der Waals surface area contributed by atoms with Crippen LogP contribution in [-0.2, 0) is 10.0 Å². The molecule has 0 aliphatic carbocycles. The molecule has 0 aromatic carbocycles. The number of halogens is 2. The lowest BCUT2D eigenvalue weighted by atomic mass is 10.2. The quantitative estimate of drug-likeness (QED) is 0.874. The molecule has 0 bridgehead atoms. The molecule has 16 heavy (non-hydrogen) atoms. The van der Waals surface area contributed by atoms with Gasteiger partial charge in [-0.25, -0.2) is 13.1 Å². The van der Waals surface area contributed by atoms with Crippen LogP contribution >= 0.6 is 34.5 Å². The molecule has 0 radical (unpaired) electrons. The van der Waals surface area contributed by atoms with Crippen molar-refractivity contribution in [3.05, 3.63) is 14.7 Å². The number of hydrogen-bond donors (Lipinski definition) is 2. The molecule has 0 aliphatic heterocycles. The maximum atomic E-state index is 11.9. The van der Waals surface area contributed by atoms with Crippen molar-refractivity contribution >= 4 is 44.6 Å². The van der Waals surface area contributed by atoms with Crippen molar-refractivity contribution in [3.63, 3.8) is 0 Å². The fraction of sp³-hybridized carbons (Fsp3) is 0.500. The SMILES string of the molecule is CCC(CN)NS(=O)(=O)c1cc(Cl)sc1Cl. The van der Waals surface area contributed by atoms with Gasteiger partial charge < -0.3 is 5.73 Å². The van der Waals surface area contributed by atoms with Crippen molar-refractivity contribution in [2.45, 2.75) is 24.3 Å². The van der Waals surface area contributed by atoms with Gasteiger partial charge >= 0.3 is 0 Å². The molecule has 8 heteroatoms. The molecular weight excluding hydrogens is 291 g/mol. The number of rotatable bonds is 5. The molecule has 0 aliphatic rings. The Morgan fingerprint density at radius 3 is 2.56 bits per heavy atom. The van der Waals surface area contributed by atoms with Crippen molar-refractivity contribution in [2.75, 3.05) is 6.54 Å². The predicted molar refractivity (Wildman–Crippen MR) is 67.8 cm³/mol. The first-order chi connectivity index (χ1) is 7.40. The van der Waals surface area contributed by atoms with E-state index in [0.29, 0.717) is 10.8 Å². The summed E-state index contributed by atoms with van der Waals surface area (Å²) in [4.78, 5) is 0.0102. The molecule has 1 aromatic rings. The second-order valence-electron chi connectivity index (χ2n) is 3.15. The molecule has 1 atom stereocenters. The molecule has 1 unspecified atom stereocenters. The maximum absolute atomic E-state index is 11.9. The molecular formula is C8H12Cl2N2O2S2. The average Bonchev–Trinajstić information content (AvgIpc) is 2.55. The van der Waals surface area contributed by atoms with E-state index in [-0.39, 0.29) is 21.8 Å². The number of thiophene rings is 1. The molecule has 3 N–H and O–H groups in total. The summed E-state index contributed by atoms with van der Waals surface area (Å²) in [5, 5.41) is 0. The summed E-state index contributed by atoms with van der Waals surface area (Å²) >= 11 is 12.5. The minimum Gasteiger partial charge on any atom is -0.329 e. The Morgan fingerprint density at radius 1 is 1.56 bits per heavy atom. The zero-order chi connectivity index (χ0) is 12.3. The van der Waals surface area contributed by atoms with Gasteiger partial charge in [0.1, 0.15) is 9.23 Å². The van der Waals surface area contributed by atoms with Gasteiger partial charge in [-0.3, -0.25) is 0 Å². The van der Waals surface area contributed by atoms with Gasteiger partial charge in [0, 0.05) is 12.6 Å². The first kappa shape index (κ1) is 14.2. The highest BCUT2D eigenvalue weighted by atomic mass is 35.5. The summed E-state index contributed by atoms with van der Waals surface area (Å²) in [6.07, 6.45) is 0.616. The van der Waals surface area contributed by atoms with Crippen LogP contribution in [0, 0.1) is 0 Å². The Hall–Kier alpha value is 0.150. The highest BCUT2D eigenvalue weighted by molar-refractivity contribution is 7.89. The molecule has 0 saturated carbocycles. The molecule has 0 saturated heterocycles. The van der Waals surface area contributed by atoms with Crippen molar-refractivity contribution in [2.24, 2.45) is 5.73 Å². The second kappa shape index (κ2) is 5.66. The van der Waals surface area contributed by atoms with E-state index >= 15 is 0 Å². The van der Waals surface area contributed by atoms with Gasteiger partial charge in [-0.1, -0.05) is 30.1 Å². The van der Waals surface area contributed by atoms with Crippen LogP contribution in [0.1, 0.15) is 13.3 Å². The van der Waals surface area contributed by atoms with E-state index < -0.39 is 10.0 Å². The van der Waals surface area contributed by atoms with Crippen LogP contribution in [0.25, 0.3) is 0 Å². The number of sulfonamides is 1. The fourth-order valence-electron chi connectivity index (χ4n) is 1.09. The van der Waals surface area contributed by atoms with E-state index in [4.69, 9.17) is 28.9 Å². The van der Waals surface area contributed by atoms with Gasteiger partial charge in [0.15, 0.2) is 0 Å². The third-order valence-corrected chi connectivity index (χ3v) is 5.29. The van der Waals surface area contributed by atoms with Crippen molar-refractivity contribution in [3.8, 4) is 0 Å². The third kappa shape index (κ3) is 3.32. The minimum absolute atomic E-state index is 0.0102. The van der Waals surface area contributed by atoms with E-state index in [1.807, 2.05) is 6.92 Å². The maximum Gasteiger partial charge on any atom is 0.243 e. The topological polar surface area (TPSA) is 72.2 Å². The van der Waals surface area contributed by atoms with Gasteiger partial charge in [-0.2, -0.15) is 0 Å². The summed E-state index contributed by atoms with van der Waals surface area (Å²) in [5.41, 5.74) is 5.43. The molecule has 0 spiro atoms. The van der Waals surface area contributed by atoms with Gasteiger partial charge in [-0.05, 0) is 12.5 Å². The van der Waals surface area contributed by atoms with Gasteiger partial charge in [0.05, 0.1) is 4.34 Å². The number of nitrogens with two attached hydrogens (primary N) is 1. The third-order valence-electron chi connectivity index (χ3n) is 2.01. The van der Waals surface area contributed by atoms with Gasteiger partial charge in [0.25, 0.3) is 0 Å². The van der Waals surface area contributed by atoms with Crippen LogP contribution in [-0.4, -0.2) is 21.0 Å². The lowest BCUT2D eigenvalue weighted by Gasteiger charge is -2.14. The Kier molecular flexibility index (Phi) is 5.03. The Morgan fingerprint density at radius 2 is 2.19 bits per heavy atom. The fourth-order valence-corrected chi connectivity index (χ4v) is 4.57. The van der Waals surface area contributed by atoms with E-state index in [9.17, 15) is 8.42 Å². The van der Waals surface area contributed by atoms with E-state index in [1.54, 1.807) is 0 Å². The largest absolute Gasteiger partial charge is 0.329 e. The molecule has 92 valence electrons. The highest BCUT2D eigenvalue weighted by Crippen LogP contribution is 2.34. The van der Waals surface area contributed by atoms with Crippen LogP contribution in [0.15, 0.2) is 11.0 Å². The zero-order valence-corrected chi connectivity index (χ0v) is 11.7. The minimum atomic E-state index is -3.63. The molecule has 1 aromatic heterocycles. The van der Waals surface area contributed by atoms with E-state index in [0.717, 1.165) is 11.3 Å². The first-order valence-corrected chi connectivity index (χ1v) is 7.63. The smallest absolute Gasteiger partial charge is 0.243 e. The molecule has 4 nitrogen and oxygen atoms in total. The number of nitrogens with one attached hydrogen (secondary N) is 1. The Balaban J connectivity index is 2.98. The standard InChI is InChI=1S/C8H12Cl2N2O2S2/c1-2-5(4-11)12-16(13,14)6-3-7(9)15-8(6)10/h3,5,12H,2,4,11H2,1H3. The lowest BCUT2D eigenvalue weighted by Crippen LogP contribution is -2.39. The van der Waals surface area contributed by atoms with Crippen molar-refractivity contribution in [1.29, 1.82) is 0 Å². The average molecular weight is 303 g/mol. The van der Waals surface area contributed by atoms with Crippen LogP contribution in [0.5, 0.6) is 0 Å². The van der Waals surface area contributed by atoms with Crippen LogP contribution in [0.3, 0.4) is 0 Å². The van der Waals surface area contributed by atoms with E-state index in [1.165, 1.54) is 6.07 Å². The second-order valence-corrected chi connectivity index (χ2v) is 7.12. The summed E-state index contributed by atoms with van der Waals surface area (Å²) in [5.74, 6) is 0. The van der Waals surface area contributed by atoms with Gasteiger partial charge in [-0.15, -0.1) is 11.3 Å². The normalized spacial score (nSPS) is 14.0.